The number of aryl methyl sites for hydroxylation is 2. The van der Waals surface area contributed by atoms with Crippen molar-refractivity contribution < 1.29 is 38.1 Å². The van der Waals surface area contributed by atoms with Crippen molar-refractivity contribution in [2.24, 2.45) is 10.2 Å². The molecule has 12 heteroatoms. The molecule has 4 aromatic carbocycles. The third-order valence-electron chi connectivity index (χ3n) is 7.21. The number of rotatable bonds is 15. The Morgan fingerprint density at radius 1 is 0.600 bits per heavy atom. The van der Waals surface area contributed by atoms with E-state index in [1.54, 1.807) is 72.8 Å². The predicted molar refractivity (Wildman–Crippen MR) is 188 cm³/mol. The summed E-state index contributed by atoms with van der Waals surface area (Å²) in [7, 11) is 2.95. The first-order valence-electron chi connectivity index (χ1n) is 15.7. The fraction of sp³-hybridized carbons (Fsp3) is 0.211. The van der Waals surface area contributed by atoms with Gasteiger partial charge >= 0.3 is 11.9 Å². The molecule has 0 saturated carbocycles. The van der Waals surface area contributed by atoms with E-state index < -0.39 is 11.9 Å². The van der Waals surface area contributed by atoms with Crippen LogP contribution in [-0.4, -0.2) is 50.4 Å². The van der Waals surface area contributed by atoms with Gasteiger partial charge in [0.2, 0.25) is 11.8 Å². The monoisotopic (exact) mass is 678 g/mol. The van der Waals surface area contributed by atoms with E-state index in [9.17, 15) is 19.2 Å². The zero-order chi connectivity index (χ0) is 35.9. The van der Waals surface area contributed by atoms with E-state index in [1.807, 2.05) is 26.0 Å². The molecule has 4 aromatic rings. The standard InChI is InChI=1S/C38H38N4O8/c1-25-9-15-29(16-10-25)37(45)50-32-20-14-28(22-34(32)48-4)24-40-42-36(44)8-6-5-7-35(43)41-39-23-27-12-17-30(18-13-27)49-38(46)31-19-11-26(2)21-33(31)47-3/h9-24H,5-8H2,1-4H3,(H,41,43)(H,42,44)/b39-23-,40-24-. The second kappa shape index (κ2) is 18.3. The SMILES string of the molecule is COc1cc(/C=N\NC(=O)CCCCC(=O)N/N=C\c2ccc(OC(=O)c3ccc(C)cc3OC)cc2)ccc1OC(=O)c1ccc(C)cc1. The summed E-state index contributed by atoms with van der Waals surface area (Å²) in [5, 5.41) is 7.94. The number of benzene rings is 4. The lowest BCUT2D eigenvalue weighted by Crippen LogP contribution is -2.19. The molecule has 0 bridgehead atoms. The van der Waals surface area contributed by atoms with Gasteiger partial charge in [-0.3, -0.25) is 9.59 Å². The van der Waals surface area contributed by atoms with E-state index in [0.29, 0.717) is 52.3 Å². The molecule has 0 fully saturated rings. The van der Waals surface area contributed by atoms with Crippen LogP contribution in [-0.2, 0) is 9.59 Å². The van der Waals surface area contributed by atoms with Gasteiger partial charge in [-0.25, -0.2) is 20.4 Å². The highest BCUT2D eigenvalue weighted by atomic mass is 16.6. The van der Waals surface area contributed by atoms with Crippen LogP contribution in [0.2, 0.25) is 0 Å². The molecule has 0 aromatic heterocycles. The van der Waals surface area contributed by atoms with Gasteiger partial charge in [0, 0.05) is 12.8 Å². The fourth-order valence-electron chi connectivity index (χ4n) is 4.49. The largest absolute Gasteiger partial charge is 0.496 e. The smallest absolute Gasteiger partial charge is 0.347 e. The Morgan fingerprint density at radius 3 is 1.80 bits per heavy atom. The van der Waals surface area contributed by atoms with Gasteiger partial charge in [-0.2, -0.15) is 10.2 Å². The lowest BCUT2D eigenvalue weighted by atomic mass is 10.1. The quantitative estimate of drug-likeness (QED) is 0.0517. The number of carbonyl (C=O) groups is 4. The number of amides is 2. The Morgan fingerprint density at radius 2 is 1.18 bits per heavy atom. The molecule has 0 aliphatic rings. The van der Waals surface area contributed by atoms with Crippen molar-refractivity contribution in [2.45, 2.75) is 39.5 Å². The van der Waals surface area contributed by atoms with E-state index in [2.05, 4.69) is 21.1 Å². The van der Waals surface area contributed by atoms with Crippen molar-refractivity contribution in [3.63, 3.8) is 0 Å². The highest BCUT2D eigenvalue weighted by Gasteiger charge is 2.15. The van der Waals surface area contributed by atoms with E-state index >= 15 is 0 Å². The zero-order valence-electron chi connectivity index (χ0n) is 28.2. The Balaban J connectivity index is 1.13. The molecule has 0 aliphatic heterocycles. The molecule has 0 unspecified atom stereocenters. The Hall–Kier alpha value is -6.30. The number of esters is 2. The van der Waals surface area contributed by atoms with Crippen LogP contribution >= 0.6 is 0 Å². The first-order chi connectivity index (χ1) is 24.1. The highest BCUT2D eigenvalue weighted by molar-refractivity contribution is 5.94. The molecule has 0 spiro atoms. The maximum Gasteiger partial charge on any atom is 0.347 e. The molecule has 2 amide bonds. The number of methoxy groups -OCH3 is 2. The first-order valence-corrected chi connectivity index (χ1v) is 15.7. The third-order valence-corrected chi connectivity index (χ3v) is 7.21. The van der Waals surface area contributed by atoms with Crippen molar-refractivity contribution >= 4 is 36.2 Å². The molecule has 4 rings (SSSR count). The molecule has 0 heterocycles. The van der Waals surface area contributed by atoms with Crippen LogP contribution < -0.4 is 29.8 Å². The number of unbranched alkanes of at least 4 members (excludes halogenated alkanes) is 1. The topological polar surface area (TPSA) is 154 Å². The third kappa shape index (κ3) is 11.2. The number of hydrazone groups is 2. The maximum absolute atomic E-state index is 12.6. The van der Waals surface area contributed by atoms with Crippen molar-refractivity contribution in [3.8, 4) is 23.0 Å². The van der Waals surface area contributed by atoms with Gasteiger partial charge in [0.1, 0.15) is 17.1 Å². The van der Waals surface area contributed by atoms with Crippen molar-refractivity contribution in [3.05, 3.63) is 118 Å². The summed E-state index contributed by atoms with van der Waals surface area (Å²) in [6.45, 7) is 3.83. The molecular formula is C38H38N4O8. The molecular weight excluding hydrogens is 640 g/mol. The van der Waals surface area contributed by atoms with E-state index in [1.165, 1.54) is 26.6 Å². The van der Waals surface area contributed by atoms with E-state index in [4.69, 9.17) is 18.9 Å². The van der Waals surface area contributed by atoms with Crippen LogP contribution in [0.1, 0.15) is 68.7 Å². The molecule has 0 aliphatic carbocycles. The first kappa shape index (κ1) is 36.5. The Kier molecular flexibility index (Phi) is 13.4. The van der Waals surface area contributed by atoms with Crippen molar-refractivity contribution in [1.82, 2.24) is 10.9 Å². The molecule has 258 valence electrons. The summed E-state index contributed by atoms with van der Waals surface area (Å²) in [5.41, 5.74) is 8.96. The number of ether oxygens (including phenoxy) is 4. The van der Waals surface area contributed by atoms with Crippen LogP contribution in [0.25, 0.3) is 0 Å². The fourth-order valence-corrected chi connectivity index (χ4v) is 4.49. The van der Waals surface area contributed by atoms with Crippen LogP contribution in [0.15, 0.2) is 95.1 Å². The minimum absolute atomic E-state index is 0.179. The van der Waals surface area contributed by atoms with Gasteiger partial charge in [0.05, 0.1) is 32.2 Å². The highest BCUT2D eigenvalue weighted by Crippen LogP contribution is 2.28. The van der Waals surface area contributed by atoms with Crippen molar-refractivity contribution in [2.75, 3.05) is 14.2 Å². The minimum Gasteiger partial charge on any atom is -0.496 e. The molecule has 0 radical (unpaired) electrons. The van der Waals surface area contributed by atoms with Gasteiger partial charge in [-0.05, 0) is 110 Å². The van der Waals surface area contributed by atoms with Gasteiger partial charge in [-0.15, -0.1) is 0 Å². The molecule has 0 atom stereocenters. The number of nitrogens with one attached hydrogen (secondary N) is 2. The average Bonchev–Trinajstić information content (AvgIpc) is 3.11. The second-order valence-electron chi connectivity index (χ2n) is 11.1. The van der Waals surface area contributed by atoms with Crippen LogP contribution in [0.3, 0.4) is 0 Å². The van der Waals surface area contributed by atoms with E-state index in [0.717, 1.165) is 11.1 Å². The summed E-state index contributed by atoms with van der Waals surface area (Å²) in [6, 6.07) is 23.8. The lowest BCUT2D eigenvalue weighted by molar-refractivity contribution is -0.123. The van der Waals surface area contributed by atoms with Crippen LogP contribution in [0.4, 0.5) is 0 Å². The average molecular weight is 679 g/mol. The van der Waals surface area contributed by atoms with Gasteiger partial charge in [-0.1, -0.05) is 23.8 Å². The number of hydrogen-bond donors (Lipinski definition) is 2. The lowest BCUT2D eigenvalue weighted by Gasteiger charge is -2.10. The van der Waals surface area contributed by atoms with Crippen LogP contribution in [0.5, 0.6) is 23.0 Å². The van der Waals surface area contributed by atoms with Gasteiger partial charge in [0.15, 0.2) is 11.5 Å². The summed E-state index contributed by atoms with van der Waals surface area (Å²) in [6.07, 6.45) is 4.23. The van der Waals surface area contributed by atoms with E-state index in [-0.39, 0.29) is 30.4 Å². The minimum atomic E-state index is -0.538. The molecule has 50 heavy (non-hydrogen) atoms. The number of carbonyl (C=O) groups excluding carboxylic acids is 4. The molecule has 12 nitrogen and oxygen atoms in total. The zero-order valence-corrected chi connectivity index (χ0v) is 28.2. The molecule has 0 saturated heterocycles. The normalized spacial score (nSPS) is 10.9. The number of nitrogens with zero attached hydrogens (tertiary/aromatic N) is 2. The summed E-state index contributed by atoms with van der Waals surface area (Å²) in [5.74, 6) is -0.271. The van der Waals surface area contributed by atoms with Gasteiger partial charge in [0.25, 0.3) is 0 Å². The summed E-state index contributed by atoms with van der Waals surface area (Å²) in [4.78, 5) is 49.4. The molecule has 2 N–H and O–H groups in total. The Labute approximate surface area is 290 Å². The van der Waals surface area contributed by atoms with Crippen molar-refractivity contribution in [1.29, 1.82) is 0 Å². The predicted octanol–water partition coefficient (Wildman–Crippen LogP) is 5.92. The maximum atomic E-state index is 12.6. The van der Waals surface area contributed by atoms with Gasteiger partial charge < -0.3 is 18.9 Å². The number of hydrogen-bond acceptors (Lipinski definition) is 10. The second-order valence-corrected chi connectivity index (χ2v) is 11.1. The summed E-state index contributed by atoms with van der Waals surface area (Å²) < 4.78 is 21.5. The Bertz CT molecular complexity index is 1870. The van der Waals surface area contributed by atoms with Crippen LogP contribution in [0, 0.1) is 13.8 Å². The summed E-state index contributed by atoms with van der Waals surface area (Å²) >= 11 is 0.